The Morgan fingerprint density at radius 3 is 2.37 bits per heavy atom. The first-order valence-corrected chi connectivity index (χ1v) is 12.6. The number of benzene rings is 1. The highest BCUT2D eigenvalue weighted by Crippen LogP contribution is 2.38. The van der Waals surface area contributed by atoms with Crippen LogP contribution in [0.15, 0.2) is 47.0 Å². The van der Waals surface area contributed by atoms with Gasteiger partial charge >= 0.3 is 5.97 Å². The molecular formula is C22H33NO3Si. The van der Waals surface area contributed by atoms with Gasteiger partial charge in [0.25, 0.3) is 0 Å². The first-order chi connectivity index (χ1) is 12.5. The molecule has 1 atom stereocenters. The van der Waals surface area contributed by atoms with Crippen molar-refractivity contribution in [1.82, 2.24) is 0 Å². The molecule has 148 valence electrons. The van der Waals surface area contributed by atoms with Crippen LogP contribution in [-0.2, 0) is 20.6 Å². The number of nitrogens with zero attached hydrogens (tertiary/aromatic N) is 1. The van der Waals surface area contributed by atoms with E-state index in [-0.39, 0.29) is 29.6 Å². The number of carbonyl (C=O) groups excluding carboxylic acids is 1. The summed E-state index contributed by atoms with van der Waals surface area (Å²) in [7, 11) is -1.99. The average molecular weight is 388 g/mol. The summed E-state index contributed by atoms with van der Waals surface area (Å²) >= 11 is 0. The summed E-state index contributed by atoms with van der Waals surface area (Å²) in [5.41, 5.74) is 2.28. The summed E-state index contributed by atoms with van der Waals surface area (Å²) in [5, 5.41) is 0.0942. The monoisotopic (exact) mass is 387 g/mol. The van der Waals surface area contributed by atoms with Gasteiger partial charge < -0.3 is 9.16 Å². The molecule has 0 saturated heterocycles. The van der Waals surface area contributed by atoms with E-state index >= 15 is 0 Å². The van der Waals surface area contributed by atoms with Gasteiger partial charge in [0.2, 0.25) is 0 Å². The molecule has 4 nitrogen and oxygen atoms in total. The van der Waals surface area contributed by atoms with Gasteiger partial charge in [-0.2, -0.15) is 0 Å². The third-order valence-corrected chi connectivity index (χ3v) is 9.82. The van der Waals surface area contributed by atoms with Gasteiger partial charge in [0, 0.05) is 0 Å². The van der Waals surface area contributed by atoms with Gasteiger partial charge in [0.1, 0.15) is 6.61 Å². The van der Waals surface area contributed by atoms with Crippen LogP contribution in [0.5, 0.6) is 0 Å². The molecule has 1 heterocycles. The number of esters is 1. The minimum absolute atomic E-state index is 0.0942. The molecule has 27 heavy (non-hydrogen) atoms. The third kappa shape index (κ3) is 5.39. The molecule has 0 N–H and O–H groups in total. The normalized spacial score (nSPS) is 16.1. The van der Waals surface area contributed by atoms with Crippen LogP contribution in [0.3, 0.4) is 0 Å². The van der Waals surface area contributed by atoms with Crippen molar-refractivity contribution in [2.75, 3.05) is 6.54 Å². The molecular weight excluding hydrogens is 354 g/mol. The lowest BCUT2D eigenvalue weighted by molar-refractivity contribution is -0.139. The SMILES string of the molecule is CC(C)C(O[Si](C)(C)C(C)(C)C)C1=NCC=C1C(=O)OCc1ccccc1. The van der Waals surface area contributed by atoms with Crippen LogP contribution < -0.4 is 0 Å². The maximum Gasteiger partial charge on any atom is 0.340 e. The summed E-state index contributed by atoms with van der Waals surface area (Å²) < 4.78 is 12.2. The zero-order valence-corrected chi connectivity index (χ0v) is 18.7. The van der Waals surface area contributed by atoms with E-state index in [0.29, 0.717) is 12.1 Å². The van der Waals surface area contributed by atoms with Crippen LogP contribution >= 0.6 is 0 Å². The van der Waals surface area contributed by atoms with Gasteiger partial charge in [-0.3, -0.25) is 4.99 Å². The Bertz CT molecular complexity index is 715. The van der Waals surface area contributed by atoms with Crippen molar-refractivity contribution >= 4 is 20.0 Å². The first kappa shape index (κ1) is 21.6. The largest absolute Gasteiger partial charge is 0.457 e. The maximum atomic E-state index is 12.7. The molecule has 5 heteroatoms. The fourth-order valence-electron chi connectivity index (χ4n) is 2.66. The van der Waals surface area contributed by atoms with Crippen LogP contribution in [0.4, 0.5) is 0 Å². The van der Waals surface area contributed by atoms with Crippen molar-refractivity contribution in [3.8, 4) is 0 Å². The van der Waals surface area contributed by atoms with E-state index in [4.69, 9.17) is 9.16 Å². The van der Waals surface area contributed by atoms with Gasteiger partial charge in [-0.15, -0.1) is 0 Å². The van der Waals surface area contributed by atoms with E-state index in [2.05, 4.69) is 52.7 Å². The van der Waals surface area contributed by atoms with Gasteiger partial charge in [-0.25, -0.2) is 4.79 Å². The van der Waals surface area contributed by atoms with Crippen LogP contribution in [0.1, 0.15) is 40.2 Å². The lowest BCUT2D eigenvalue weighted by Gasteiger charge is -2.40. The Morgan fingerprint density at radius 1 is 1.19 bits per heavy atom. The van der Waals surface area contributed by atoms with Gasteiger partial charge in [-0.1, -0.05) is 65.0 Å². The van der Waals surface area contributed by atoms with Gasteiger partial charge in [-0.05, 0) is 35.7 Å². The molecule has 0 bridgehead atoms. The third-order valence-electron chi connectivity index (χ3n) is 5.37. The predicted molar refractivity (Wildman–Crippen MR) is 114 cm³/mol. The zero-order valence-electron chi connectivity index (χ0n) is 17.7. The summed E-state index contributed by atoms with van der Waals surface area (Å²) in [6.45, 7) is 16.1. The number of rotatable bonds is 7. The van der Waals surface area contributed by atoms with Crippen LogP contribution in [0.2, 0.25) is 18.1 Å². The molecule has 1 aliphatic rings. The van der Waals surface area contributed by atoms with E-state index in [0.717, 1.165) is 11.3 Å². The summed E-state index contributed by atoms with van der Waals surface area (Å²) in [4.78, 5) is 17.3. The van der Waals surface area contributed by atoms with E-state index in [1.807, 2.05) is 36.4 Å². The fraction of sp³-hybridized carbons (Fsp3) is 0.545. The van der Waals surface area contributed by atoms with Crippen molar-refractivity contribution in [1.29, 1.82) is 0 Å². The Kier molecular flexibility index (Phi) is 6.81. The number of aliphatic imine (C=N–C) groups is 1. The molecule has 1 aromatic carbocycles. The van der Waals surface area contributed by atoms with Crippen molar-refractivity contribution in [2.24, 2.45) is 10.9 Å². The van der Waals surface area contributed by atoms with Gasteiger partial charge in [0.15, 0.2) is 8.32 Å². The second-order valence-corrected chi connectivity index (χ2v) is 13.7. The first-order valence-electron chi connectivity index (χ1n) is 9.66. The standard InChI is InChI=1S/C22H33NO3Si/c1-16(2)20(26-27(6,7)22(3,4)5)19-18(13-14-23-19)21(24)25-15-17-11-9-8-10-12-17/h8-13,16,20H,14-15H2,1-7H3. The molecule has 1 aliphatic heterocycles. The zero-order chi connectivity index (χ0) is 20.2. The molecule has 0 fully saturated rings. The van der Waals surface area contributed by atoms with Crippen molar-refractivity contribution in [2.45, 2.75) is 65.5 Å². The van der Waals surface area contributed by atoms with E-state index in [9.17, 15) is 4.79 Å². The number of ether oxygens (including phenoxy) is 1. The fourth-order valence-corrected chi connectivity index (χ4v) is 4.03. The second kappa shape index (κ2) is 8.53. The molecule has 1 unspecified atom stereocenters. The van der Waals surface area contributed by atoms with Gasteiger partial charge in [0.05, 0.1) is 23.9 Å². The summed E-state index contributed by atoms with van der Waals surface area (Å²) in [6.07, 6.45) is 1.66. The minimum atomic E-state index is -1.99. The number of hydrogen-bond donors (Lipinski definition) is 0. The van der Waals surface area contributed by atoms with E-state index in [1.165, 1.54) is 0 Å². The minimum Gasteiger partial charge on any atom is -0.457 e. The highest BCUT2D eigenvalue weighted by atomic mass is 28.4. The Hall–Kier alpha value is -1.72. The lowest BCUT2D eigenvalue weighted by atomic mass is 9.98. The smallest absolute Gasteiger partial charge is 0.340 e. The predicted octanol–water partition coefficient (Wildman–Crippen LogP) is 5.16. The molecule has 0 radical (unpaired) electrons. The van der Waals surface area contributed by atoms with Crippen LogP contribution in [0.25, 0.3) is 0 Å². The number of hydrogen-bond acceptors (Lipinski definition) is 4. The molecule has 0 saturated carbocycles. The van der Waals surface area contributed by atoms with E-state index in [1.54, 1.807) is 0 Å². The molecule has 0 spiro atoms. The molecule has 0 aliphatic carbocycles. The molecule has 2 rings (SSSR count). The van der Waals surface area contributed by atoms with Crippen molar-refractivity contribution in [3.05, 3.63) is 47.5 Å². The Morgan fingerprint density at radius 2 is 1.81 bits per heavy atom. The highest BCUT2D eigenvalue weighted by molar-refractivity contribution is 6.74. The van der Waals surface area contributed by atoms with Crippen LogP contribution in [0, 0.1) is 5.92 Å². The second-order valence-electron chi connectivity index (χ2n) is 8.95. The summed E-state index contributed by atoms with van der Waals surface area (Å²) in [5.74, 6) is -0.0964. The van der Waals surface area contributed by atoms with E-state index < -0.39 is 8.32 Å². The molecule has 0 aromatic heterocycles. The number of carbonyl (C=O) groups is 1. The highest BCUT2D eigenvalue weighted by Gasteiger charge is 2.42. The lowest BCUT2D eigenvalue weighted by Crippen LogP contribution is -2.48. The average Bonchev–Trinajstić information content (AvgIpc) is 3.06. The topological polar surface area (TPSA) is 47.9 Å². The quantitative estimate of drug-likeness (QED) is 0.480. The molecule has 0 amide bonds. The van der Waals surface area contributed by atoms with Crippen molar-refractivity contribution < 1.29 is 14.0 Å². The Balaban J connectivity index is 2.12. The van der Waals surface area contributed by atoms with Crippen molar-refractivity contribution in [3.63, 3.8) is 0 Å². The Labute approximate surface area is 164 Å². The van der Waals surface area contributed by atoms with Crippen LogP contribution in [-0.4, -0.2) is 32.6 Å². The maximum absolute atomic E-state index is 12.7. The molecule has 1 aromatic rings. The summed E-state index contributed by atoms with van der Waals surface area (Å²) in [6, 6.07) is 9.71.